The molecule has 1 aliphatic rings. The second-order valence-electron chi connectivity index (χ2n) is 8.82. The first kappa shape index (κ1) is 24.4. The van der Waals surface area contributed by atoms with Gasteiger partial charge in [-0.2, -0.15) is 13.2 Å². The standard InChI is InChI=1S/C27H23F3N6O/c1-17(35-5-7-36(8-6-35)18(2)37)20-9-22(14-31-12-20)26-24-11-19(3-4-25(24)33-16-34-26)21-10-23(15-32-13-21)27(28,29)30/h3-4,9-16H,1,5-8H2,2H3. The quantitative estimate of drug-likeness (QED) is 0.393. The maximum Gasteiger partial charge on any atom is 0.417 e. The third kappa shape index (κ3) is 5.00. The molecule has 1 saturated heterocycles. The van der Waals surface area contributed by atoms with Crippen LogP contribution in [0.25, 0.3) is 39.0 Å². The highest BCUT2D eigenvalue weighted by molar-refractivity contribution is 5.95. The van der Waals surface area contributed by atoms with Gasteiger partial charge in [0.05, 0.1) is 16.8 Å². The van der Waals surface area contributed by atoms with Crippen molar-refractivity contribution in [2.45, 2.75) is 13.1 Å². The van der Waals surface area contributed by atoms with Crippen molar-refractivity contribution in [3.05, 3.63) is 79.2 Å². The highest BCUT2D eigenvalue weighted by Gasteiger charge is 2.31. The molecule has 37 heavy (non-hydrogen) atoms. The number of pyridine rings is 2. The van der Waals surface area contributed by atoms with Gasteiger partial charge in [0.25, 0.3) is 0 Å². The first-order valence-corrected chi connectivity index (χ1v) is 11.6. The molecule has 4 aromatic rings. The lowest BCUT2D eigenvalue weighted by molar-refractivity contribution is -0.137. The molecule has 0 unspecified atom stereocenters. The average molecular weight is 505 g/mol. The lowest BCUT2D eigenvalue weighted by Crippen LogP contribution is -2.47. The summed E-state index contributed by atoms with van der Waals surface area (Å²) in [6.07, 6.45) is 2.59. The molecule has 188 valence electrons. The fraction of sp³-hybridized carbons (Fsp3) is 0.222. The van der Waals surface area contributed by atoms with E-state index in [2.05, 4.69) is 31.4 Å². The summed E-state index contributed by atoms with van der Waals surface area (Å²) in [5, 5.41) is 0.678. The number of carbonyl (C=O) groups excluding carboxylic acids is 1. The number of fused-ring (bicyclic) bond motifs is 1. The summed E-state index contributed by atoms with van der Waals surface area (Å²) in [5.74, 6) is 0.0600. The third-order valence-electron chi connectivity index (χ3n) is 6.49. The van der Waals surface area contributed by atoms with Crippen molar-refractivity contribution in [2.75, 3.05) is 26.2 Å². The van der Waals surface area contributed by atoms with Crippen molar-refractivity contribution in [1.82, 2.24) is 29.7 Å². The Morgan fingerprint density at radius 2 is 1.57 bits per heavy atom. The molecule has 1 fully saturated rings. The van der Waals surface area contributed by atoms with E-state index in [0.717, 1.165) is 29.1 Å². The largest absolute Gasteiger partial charge is 0.417 e. The molecule has 1 aliphatic heterocycles. The Kier molecular flexibility index (Phi) is 6.32. The first-order valence-electron chi connectivity index (χ1n) is 11.6. The Morgan fingerprint density at radius 1 is 0.865 bits per heavy atom. The zero-order valence-electron chi connectivity index (χ0n) is 20.0. The van der Waals surface area contributed by atoms with Gasteiger partial charge in [0.1, 0.15) is 6.33 Å². The number of benzene rings is 1. The van der Waals surface area contributed by atoms with E-state index in [9.17, 15) is 18.0 Å². The molecule has 0 atom stereocenters. The Labute approximate surface area is 211 Å². The minimum Gasteiger partial charge on any atom is -0.368 e. The number of hydrogen-bond acceptors (Lipinski definition) is 6. The van der Waals surface area contributed by atoms with Gasteiger partial charge >= 0.3 is 6.18 Å². The predicted molar refractivity (Wildman–Crippen MR) is 134 cm³/mol. The van der Waals surface area contributed by atoms with E-state index in [-0.39, 0.29) is 5.91 Å². The Hall–Kier alpha value is -4.34. The maximum absolute atomic E-state index is 13.2. The van der Waals surface area contributed by atoms with Crippen LogP contribution in [-0.4, -0.2) is 61.8 Å². The van der Waals surface area contributed by atoms with E-state index in [1.807, 2.05) is 11.0 Å². The van der Waals surface area contributed by atoms with Crippen LogP contribution < -0.4 is 0 Å². The molecule has 3 aromatic heterocycles. The normalized spacial score (nSPS) is 14.2. The number of hydrogen-bond donors (Lipinski definition) is 0. The maximum atomic E-state index is 13.2. The van der Waals surface area contributed by atoms with Crippen LogP contribution >= 0.6 is 0 Å². The lowest BCUT2D eigenvalue weighted by atomic mass is 10.00. The van der Waals surface area contributed by atoms with Crippen molar-refractivity contribution in [2.24, 2.45) is 0 Å². The van der Waals surface area contributed by atoms with Crippen LogP contribution in [0.4, 0.5) is 13.2 Å². The molecule has 0 N–H and O–H groups in total. The van der Waals surface area contributed by atoms with Crippen molar-refractivity contribution in [3.63, 3.8) is 0 Å². The number of nitrogens with zero attached hydrogens (tertiary/aromatic N) is 6. The number of carbonyl (C=O) groups is 1. The molecule has 1 aromatic carbocycles. The van der Waals surface area contributed by atoms with Crippen LogP contribution in [0.5, 0.6) is 0 Å². The molecule has 0 bridgehead atoms. The van der Waals surface area contributed by atoms with Gasteiger partial charge in [0.15, 0.2) is 0 Å². The predicted octanol–water partition coefficient (Wildman–Crippen LogP) is 4.91. The molecular weight excluding hydrogens is 481 g/mol. The SMILES string of the molecule is C=C(c1cncc(-c2ncnc3ccc(-c4cncc(C(F)(F)F)c4)cc23)c1)N1CCN(C(C)=O)CC1. The number of alkyl halides is 3. The fourth-order valence-electron chi connectivity index (χ4n) is 4.42. The van der Waals surface area contributed by atoms with E-state index in [1.165, 1.54) is 12.5 Å². The van der Waals surface area contributed by atoms with E-state index >= 15 is 0 Å². The molecule has 10 heteroatoms. The van der Waals surface area contributed by atoms with Gasteiger partial charge in [0, 0.05) is 85.7 Å². The van der Waals surface area contributed by atoms with Crippen LogP contribution in [0, 0.1) is 0 Å². The van der Waals surface area contributed by atoms with Gasteiger partial charge in [-0.1, -0.05) is 12.6 Å². The molecule has 1 amide bonds. The summed E-state index contributed by atoms with van der Waals surface area (Å²) in [5.41, 5.74) is 3.71. The van der Waals surface area contributed by atoms with Gasteiger partial charge in [-0.05, 0) is 29.8 Å². The summed E-state index contributed by atoms with van der Waals surface area (Å²) in [7, 11) is 0. The summed E-state index contributed by atoms with van der Waals surface area (Å²) in [6.45, 7) is 8.43. The second-order valence-corrected chi connectivity index (χ2v) is 8.82. The smallest absolute Gasteiger partial charge is 0.368 e. The van der Waals surface area contributed by atoms with E-state index in [0.29, 0.717) is 53.9 Å². The van der Waals surface area contributed by atoms with Crippen molar-refractivity contribution >= 4 is 22.5 Å². The van der Waals surface area contributed by atoms with Gasteiger partial charge in [0.2, 0.25) is 5.91 Å². The first-order chi connectivity index (χ1) is 17.7. The van der Waals surface area contributed by atoms with E-state index in [1.54, 1.807) is 37.5 Å². The van der Waals surface area contributed by atoms with Crippen LogP contribution in [0.3, 0.4) is 0 Å². The number of amides is 1. The zero-order chi connectivity index (χ0) is 26.2. The molecule has 0 spiro atoms. The second kappa shape index (κ2) is 9.61. The summed E-state index contributed by atoms with van der Waals surface area (Å²) in [6, 6.07) is 8.25. The molecule has 4 heterocycles. The molecule has 5 rings (SSSR count). The highest BCUT2D eigenvalue weighted by Crippen LogP contribution is 2.34. The van der Waals surface area contributed by atoms with Gasteiger partial charge in [-0.25, -0.2) is 9.97 Å². The minimum atomic E-state index is -4.48. The Bertz CT molecular complexity index is 1500. The lowest BCUT2D eigenvalue weighted by Gasteiger charge is -2.36. The van der Waals surface area contributed by atoms with E-state index < -0.39 is 11.7 Å². The minimum absolute atomic E-state index is 0.0600. The summed E-state index contributed by atoms with van der Waals surface area (Å²) >= 11 is 0. The van der Waals surface area contributed by atoms with Gasteiger partial charge in [-0.15, -0.1) is 0 Å². The molecule has 0 aliphatic carbocycles. The van der Waals surface area contributed by atoms with Gasteiger partial charge in [-0.3, -0.25) is 14.8 Å². The topological polar surface area (TPSA) is 75.1 Å². The Balaban J connectivity index is 1.49. The summed E-state index contributed by atoms with van der Waals surface area (Å²) < 4.78 is 39.7. The molecule has 0 radical (unpaired) electrons. The molecule has 0 saturated carbocycles. The van der Waals surface area contributed by atoms with Crippen LogP contribution in [0.2, 0.25) is 0 Å². The zero-order valence-corrected chi connectivity index (χ0v) is 20.0. The van der Waals surface area contributed by atoms with Crippen molar-refractivity contribution < 1.29 is 18.0 Å². The average Bonchev–Trinajstić information content (AvgIpc) is 2.91. The number of rotatable bonds is 4. The molecule has 7 nitrogen and oxygen atoms in total. The van der Waals surface area contributed by atoms with Crippen LogP contribution in [0.1, 0.15) is 18.1 Å². The van der Waals surface area contributed by atoms with E-state index in [4.69, 9.17) is 0 Å². The van der Waals surface area contributed by atoms with Gasteiger partial charge < -0.3 is 9.80 Å². The number of halogens is 3. The highest BCUT2D eigenvalue weighted by atomic mass is 19.4. The van der Waals surface area contributed by atoms with Crippen LogP contribution in [-0.2, 0) is 11.0 Å². The Morgan fingerprint density at radius 3 is 2.30 bits per heavy atom. The third-order valence-corrected chi connectivity index (χ3v) is 6.49. The van der Waals surface area contributed by atoms with Crippen molar-refractivity contribution in [3.8, 4) is 22.4 Å². The number of piperazine rings is 1. The van der Waals surface area contributed by atoms with Crippen LogP contribution in [0.15, 0.2) is 68.0 Å². The summed E-state index contributed by atoms with van der Waals surface area (Å²) in [4.78, 5) is 32.6. The molecular formula is C27H23F3N6O. The van der Waals surface area contributed by atoms with Crippen molar-refractivity contribution in [1.29, 1.82) is 0 Å². The fourth-order valence-corrected chi connectivity index (χ4v) is 4.42. The number of aromatic nitrogens is 4. The monoisotopic (exact) mass is 504 g/mol.